The summed E-state index contributed by atoms with van der Waals surface area (Å²) in [6, 6.07) is 0.781. The first-order valence-electron chi connectivity index (χ1n) is 8.93. The highest BCUT2D eigenvalue weighted by molar-refractivity contribution is 4.97. The second-order valence-corrected chi connectivity index (χ2v) is 8.84. The zero-order chi connectivity index (χ0) is 14.3. The van der Waals surface area contributed by atoms with Gasteiger partial charge in [-0.2, -0.15) is 0 Å². The van der Waals surface area contributed by atoms with Crippen LogP contribution in [0, 0.1) is 29.1 Å². The van der Waals surface area contributed by atoms with E-state index in [4.69, 9.17) is 5.73 Å². The summed E-state index contributed by atoms with van der Waals surface area (Å²) in [6.07, 6.45) is 8.61. The summed E-state index contributed by atoms with van der Waals surface area (Å²) in [7, 11) is 0. The fourth-order valence-electron chi connectivity index (χ4n) is 5.26. The lowest BCUT2D eigenvalue weighted by Gasteiger charge is -2.45. The van der Waals surface area contributed by atoms with Gasteiger partial charge in [-0.3, -0.25) is 4.90 Å². The molecule has 2 aliphatic carbocycles. The minimum atomic E-state index is 0.466. The molecule has 0 aromatic rings. The van der Waals surface area contributed by atoms with E-state index < -0.39 is 0 Å². The number of hydrogen-bond acceptors (Lipinski definition) is 2. The average Bonchev–Trinajstić information content (AvgIpc) is 2.97. The fraction of sp³-hybridized carbons (Fsp3) is 1.00. The number of nitrogens with zero attached hydrogens (tertiary/aromatic N) is 1. The molecule has 3 rings (SSSR count). The summed E-state index contributed by atoms with van der Waals surface area (Å²) >= 11 is 0. The molecule has 1 saturated heterocycles. The molecule has 2 nitrogen and oxygen atoms in total. The molecule has 2 N–H and O–H groups in total. The number of hydrogen-bond donors (Lipinski definition) is 1. The second-order valence-electron chi connectivity index (χ2n) is 8.84. The van der Waals surface area contributed by atoms with Crippen LogP contribution in [0.5, 0.6) is 0 Å². The van der Waals surface area contributed by atoms with Gasteiger partial charge in [0, 0.05) is 19.1 Å². The van der Waals surface area contributed by atoms with Gasteiger partial charge in [0.1, 0.15) is 0 Å². The van der Waals surface area contributed by atoms with Gasteiger partial charge in [-0.05, 0) is 67.7 Å². The van der Waals surface area contributed by atoms with Crippen LogP contribution in [0.15, 0.2) is 0 Å². The van der Waals surface area contributed by atoms with Gasteiger partial charge >= 0.3 is 0 Å². The Hall–Kier alpha value is -0.0800. The summed E-state index contributed by atoms with van der Waals surface area (Å²) in [5, 5.41) is 0. The van der Waals surface area contributed by atoms with Gasteiger partial charge in [0.15, 0.2) is 0 Å². The van der Waals surface area contributed by atoms with Crippen LogP contribution >= 0.6 is 0 Å². The van der Waals surface area contributed by atoms with Crippen LogP contribution in [0.1, 0.15) is 59.3 Å². The van der Waals surface area contributed by atoms with Crippen LogP contribution in [0.4, 0.5) is 0 Å². The van der Waals surface area contributed by atoms with E-state index >= 15 is 0 Å². The number of nitrogens with two attached hydrogens (primary N) is 1. The van der Waals surface area contributed by atoms with E-state index in [1.54, 1.807) is 0 Å². The highest BCUT2D eigenvalue weighted by Crippen LogP contribution is 2.45. The summed E-state index contributed by atoms with van der Waals surface area (Å²) in [6.45, 7) is 10.9. The van der Waals surface area contributed by atoms with E-state index in [2.05, 4.69) is 25.7 Å². The maximum atomic E-state index is 6.10. The van der Waals surface area contributed by atoms with E-state index in [1.165, 1.54) is 51.6 Å². The molecule has 0 bridgehead atoms. The van der Waals surface area contributed by atoms with E-state index in [0.717, 1.165) is 36.3 Å². The number of fused-ring (bicyclic) bond motifs is 1. The monoisotopic (exact) mass is 278 g/mol. The molecule has 116 valence electrons. The van der Waals surface area contributed by atoms with Crippen molar-refractivity contribution in [3.63, 3.8) is 0 Å². The zero-order valence-electron chi connectivity index (χ0n) is 13.8. The molecule has 2 saturated carbocycles. The smallest absolute Gasteiger partial charge is 0.0139 e. The maximum Gasteiger partial charge on any atom is 0.0139 e. The first-order valence-corrected chi connectivity index (χ1v) is 8.93. The van der Waals surface area contributed by atoms with Crippen molar-refractivity contribution in [2.45, 2.75) is 65.3 Å². The summed E-state index contributed by atoms with van der Waals surface area (Å²) in [5.41, 5.74) is 6.57. The normalized spacial score (nSPS) is 42.9. The molecule has 0 radical (unpaired) electrons. The molecule has 3 aliphatic rings. The SMILES string of the molecule is CC(C)(C)C1CCC(CN)C(N2CC3CCCC3C2)C1. The van der Waals surface area contributed by atoms with E-state index in [-0.39, 0.29) is 0 Å². The first-order chi connectivity index (χ1) is 9.49. The lowest BCUT2D eigenvalue weighted by Crippen LogP contribution is -2.48. The Labute approximate surface area is 125 Å². The predicted molar refractivity (Wildman–Crippen MR) is 85.5 cm³/mol. The van der Waals surface area contributed by atoms with Crippen molar-refractivity contribution < 1.29 is 0 Å². The molecule has 0 amide bonds. The van der Waals surface area contributed by atoms with Crippen molar-refractivity contribution in [2.75, 3.05) is 19.6 Å². The quantitative estimate of drug-likeness (QED) is 0.837. The molecule has 5 atom stereocenters. The second kappa shape index (κ2) is 5.61. The van der Waals surface area contributed by atoms with Crippen LogP contribution < -0.4 is 5.73 Å². The van der Waals surface area contributed by atoms with Crippen LogP contribution in [0.25, 0.3) is 0 Å². The fourth-order valence-corrected chi connectivity index (χ4v) is 5.26. The topological polar surface area (TPSA) is 29.3 Å². The Morgan fingerprint density at radius 2 is 1.65 bits per heavy atom. The van der Waals surface area contributed by atoms with Crippen molar-refractivity contribution in [3.8, 4) is 0 Å². The standard InChI is InChI=1S/C18H34N2/c1-18(2,3)16-8-7-13(10-19)17(9-16)20-11-14-5-4-6-15(14)12-20/h13-17H,4-12,19H2,1-3H3. The average molecular weight is 278 g/mol. The van der Waals surface area contributed by atoms with Crippen LogP contribution in [-0.2, 0) is 0 Å². The lowest BCUT2D eigenvalue weighted by molar-refractivity contribution is 0.0539. The highest BCUT2D eigenvalue weighted by atomic mass is 15.2. The van der Waals surface area contributed by atoms with Crippen molar-refractivity contribution in [2.24, 2.45) is 34.8 Å². The van der Waals surface area contributed by atoms with Gasteiger partial charge < -0.3 is 5.73 Å². The van der Waals surface area contributed by atoms with Crippen molar-refractivity contribution in [1.29, 1.82) is 0 Å². The molecule has 3 fully saturated rings. The molecule has 20 heavy (non-hydrogen) atoms. The van der Waals surface area contributed by atoms with Gasteiger partial charge in [-0.15, -0.1) is 0 Å². The van der Waals surface area contributed by atoms with Gasteiger partial charge in [-0.25, -0.2) is 0 Å². The van der Waals surface area contributed by atoms with E-state index in [0.29, 0.717) is 5.41 Å². The van der Waals surface area contributed by atoms with Gasteiger partial charge in [0.05, 0.1) is 0 Å². The molecule has 0 aromatic carbocycles. The number of rotatable bonds is 2. The predicted octanol–water partition coefficient (Wildman–Crippen LogP) is 3.51. The Morgan fingerprint density at radius 1 is 1.00 bits per heavy atom. The van der Waals surface area contributed by atoms with Crippen LogP contribution in [0.3, 0.4) is 0 Å². The minimum absolute atomic E-state index is 0.466. The Balaban J connectivity index is 1.68. The van der Waals surface area contributed by atoms with Crippen molar-refractivity contribution in [1.82, 2.24) is 4.90 Å². The van der Waals surface area contributed by atoms with E-state index in [9.17, 15) is 0 Å². The van der Waals surface area contributed by atoms with Gasteiger partial charge in [0.25, 0.3) is 0 Å². The minimum Gasteiger partial charge on any atom is -0.330 e. The van der Waals surface area contributed by atoms with E-state index in [1.807, 2.05) is 0 Å². The molecule has 0 aromatic heterocycles. The molecular weight excluding hydrogens is 244 g/mol. The molecule has 0 spiro atoms. The molecule has 1 aliphatic heterocycles. The molecule has 5 unspecified atom stereocenters. The third-order valence-electron chi connectivity index (χ3n) is 6.71. The van der Waals surface area contributed by atoms with Gasteiger partial charge in [0.2, 0.25) is 0 Å². The first kappa shape index (κ1) is 14.8. The molecule has 1 heterocycles. The number of likely N-dealkylation sites (tertiary alicyclic amines) is 1. The summed E-state index contributed by atoms with van der Waals surface area (Å²) < 4.78 is 0. The molecule has 2 heteroatoms. The van der Waals surface area contributed by atoms with Gasteiger partial charge in [-0.1, -0.05) is 27.2 Å². The van der Waals surface area contributed by atoms with Crippen molar-refractivity contribution >= 4 is 0 Å². The lowest BCUT2D eigenvalue weighted by atomic mass is 9.67. The Kier molecular flexibility index (Phi) is 4.16. The summed E-state index contributed by atoms with van der Waals surface area (Å²) in [5.74, 6) is 3.68. The Morgan fingerprint density at radius 3 is 2.20 bits per heavy atom. The maximum absolute atomic E-state index is 6.10. The Bertz CT molecular complexity index is 321. The molecular formula is C18H34N2. The highest BCUT2D eigenvalue weighted by Gasteiger charge is 2.43. The van der Waals surface area contributed by atoms with Crippen molar-refractivity contribution in [3.05, 3.63) is 0 Å². The third kappa shape index (κ3) is 2.78. The zero-order valence-corrected chi connectivity index (χ0v) is 13.8. The third-order valence-corrected chi connectivity index (χ3v) is 6.71. The largest absolute Gasteiger partial charge is 0.330 e. The summed E-state index contributed by atoms with van der Waals surface area (Å²) in [4.78, 5) is 2.85. The van der Waals surface area contributed by atoms with Crippen LogP contribution in [0.2, 0.25) is 0 Å². The van der Waals surface area contributed by atoms with Crippen LogP contribution in [-0.4, -0.2) is 30.6 Å².